The summed E-state index contributed by atoms with van der Waals surface area (Å²) in [7, 11) is 0. The minimum absolute atomic E-state index is 0.0103. The fraction of sp³-hybridized carbons (Fsp3) is 0.0741. The molecule has 0 N–H and O–H groups in total. The molecule has 0 aliphatic heterocycles. The normalized spacial score (nSPS) is 11.9. The monoisotopic (exact) mass is 891 g/mol. The standard InChI is InChI=1S/C54H41N4OTe/c1-54(2,3)45-34-51(55-46-30-31-60-53(45)46)58-47-25-11-10-22-43(47)44-29-28-40(33-50(44)58)59-39-21-14-20-38(32-39)56-35-57(49-27-13-12-26-48(49)56)52-41(36-16-6-4-7-17-36)23-15-24-42(52)37-18-8-5-9-19-37/h4-35H,1-3H3/q+1. The summed E-state index contributed by atoms with van der Waals surface area (Å²) in [6.07, 6.45) is 2.22. The van der Waals surface area contributed by atoms with Gasteiger partial charge in [-0.2, -0.15) is 9.13 Å². The van der Waals surface area contributed by atoms with Gasteiger partial charge in [-0.05, 0) is 29.3 Å². The summed E-state index contributed by atoms with van der Waals surface area (Å²) >= 11 is -0.382. The number of aromatic nitrogens is 4. The summed E-state index contributed by atoms with van der Waals surface area (Å²) in [6, 6.07) is 64.6. The molecule has 6 heteroatoms. The topological polar surface area (TPSA) is 35.9 Å². The van der Waals surface area contributed by atoms with E-state index in [0.717, 1.165) is 67.4 Å². The van der Waals surface area contributed by atoms with Crippen LogP contribution in [0.25, 0.3) is 81.2 Å². The van der Waals surface area contributed by atoms with Crippen molar-refractivity contribution in [3.8, 4) is 50.9 Å². The molecule has 0 bridgehead atoms. The summed E-state index contributed by atoms with van der Waals surface area (Å²) in [4.78, 5) is 5.29. The number of ether oxygens (including phenoxy) is 1. The summed E-state index contributed by atoms with van der Waals surface area (Å²) < 4.78 is 17.5. The van der Waals surface area contributed by atoms with E-state index >= 15 is 0 Å². The van der Waals surface area contributed by atoms with Crippen LogP contribution in [0.3, 0.4) is 0 Å². The summed E-state index contributed by atoms with van der Waals surface area (Å²) in [5.74, 6) is 2.47. The van der Waals surface area contributed by atoms with Gasteiger partial charge in [-0.25, -0.2) is 0 Å². The predicted molar refractivity (Wildman–Crippen MR) is 247 cm³/mol. The fourth-order valence-electron chi connectivity index (χ4n) is 8.71. The van der Waals surface area contributed by atoms with Crippen molar-refractivity contribution in [2.24, 2.45) is 0 Å². The number of nitrogens with zero attached hydrogens (tertiary/aromatic N) is 4. The number of hydrogen-bond donors (Lipinski definition) is 0. The van der Waals surface area contributed by atoms with Gasteiger partial charge in [0.1, 0.15) is 5.69 Å². The Kier molecular flexibility index (Phi) is 8.81. The van der Waals surface area contributed by atoms with Crippen molar-refractivity contribution in [1.82, 2.24) is 14.1 Å². The van der Waals surface area contributed by atoms with E-state index < -0.39 is 0 Å². The molecule has 0 amide bonds. The van der Waals surface area contributed by atoms with Crippen molar-refractivity contribution in [2.45, 2.75) is 26.2 Å². The molecule has 0 aliphatic carbocycles. The third kappa shape index (κ3) is 6.23. The summed E-state index contributed by atoms with van der Waals surface area (Å²) in [5, 5.41) is 2.37. The van der Waals surface area contributed by atoms with Crippen molar-refractivity contribution >= 4 is 62.2 Å². The zero-order valence-electron chi connectivity index (χ0n) is 33.6. The first-order valence-corrected chi connectivity index (χ1v) is 22.9. The van der Waals surface area contributed by atoms with Crippen LogP contribution in [0.2, 0.25) is 0 Å². The van der Waals surface area contributed by atoms with Gasteiger partial charge in [-0.3, -0.25) is 0 Å². The van der Waals surface area contributed by atoms with Crippen molar-refractivity contribution in [3.63, 3.8) is 0 Å². The number of benzene rings is 7. The van der Waals surface area contributed by atoms with Gasteiger partial charge < -0.3 is 0 Å². The van der Waals surface area contributed by atoms with Crippen molar-refractivity contribution < 1.29 is 9.30 Å². The maximum absolute atomic E-state index is 6.79. The summed E-state index contributed by atoms with van der Waals surface area (Å²) in [6.45, 7) is 6.93. The van der Waals surface area contributed by atoms with Gasteiger partial charge >= 0.3 is 197 Å². The number of fused-ring (bicyclic) bond motifs is 5. The molecule has 11 aromatic rings. The number of hydrogen-bond acceptors (Lipinski definition) is 2. The van der Waals surface area contributed by atoms with Crippen LogP contribution in [0.4, 0.5) is 0 Å². The average molecular weight is 890 g/mol. The molecule has 0 fully saturated rings. The minimum atomic E-state index is -0.382. The number of para-hydroxylation sites is 4. The van der Waals surface area contributed by atoms with Gasteiger partial charge in [0.05, 0.1) is 0 Å². The second-order valence-electron chi connectivity index (χ2n) is 16.3. The van der Waals surface area contributed by atoms with E-state index in [1.54, 1.807) is 0 Å². The Morgan fingerprint density at radius 2 is 1.22 bits per heavy atom. The zero-order valence-corrected chi connectivity index (χ0v) is 35.9. The van der Waals surface area contributed by atoms with Gasteiger partial charge in [0.15, 0.2) is 11.0 Å². The molecule has 0 radical (unpaired) electrons. The molecule has 60 heavy (non-hydrogen) atoms. The van der Waals surface area contributed by atoms with E-state index in [9.17, 15) is 0 Å². The average Bonchev–Trinajstić information content (AvgIpc) is 4.00. The van der Waals surface area contributed by atoms with Gasteiger partial charge in [0.2, 0.25) is 0 Å². The molecule has 288 valence electrons. The fourth-order valence-corrected chi connectivity index (χ4v) is 11.7. The van der Waals surface area contributed by atoms with Crippen LogP contribution in [0, 0.1) is 0 Å². The third-order valence-electron chi connectivity index (χ3n) is 11.5. The molecule has 0 saturated heterocycles. The molecule has 0 unspecified atom stereocenters. The number of rotatable bonds is 7. The van der Waals surface area contributed by atoms with Crippen LogP contribution in [-0.4, -0.2) is 34.5 Å². The molecule has 7 aromatic carbocycles. The van der Waals surface area contributed by atoms with E-state index in [1.165, 1.54) is 30.9 Å². The molecule has 0 aliphatic rings. The third-order valence-corrected chi connectivity index (χ3v) is 14.2. The SMILES string of the molecule is CC(C)(C)c1cc(-n2c3ccccc3c3ccc(Oc4cccc(-n5c[n+](-c6c(-c7ccccc7)cccc6-c6ccccc6)c6ccccc65)c4)cc32)nc2cc[te]c12. The molecule has 5 nitrogen and oxygen atoms in total. The second kappa shape index (κ2) is 14.5. The van der Waals surface area contributed by atoms with Gasteiger partial charge in [-0.1, -0.05) is 91.0 Å². The van der Waals surface area contributed by atoms with Crippen LogP contribution in [-0.2, 0) is 5.41 Å². The van der Waals surface area contributed by atoms with Gasteiger partial charge in [0.25, 0.3) is 6.33 Å². The van der Waals surface area contributed by atoms with E-state index in [0.29, 0.717) is 0 Å². The van der Waals surface area contributed by atoms with Gasteiger partial charge in [-0.15, -0.1) is 0 Å². The molecule has 11 rings (SSSR count). The van der Waals surface area contributed by atoms with E-state index in [1.807, 2.05) is 6.07 Å². The van der Waals surface area contributed by atoms with E-state index in [-0.39, 0.29) is 25.8 Å². The Morgan fingerprint density at radius 1 is 0.567 bits per heavy atom. The maximum atomic E-state index is 6.79. The molecular weight excluding hydrogens is 848 g/mol. The molecule has 0 atom stereocenters. The van der Waals surface area contributed by atoms with Crippen LogP contribution < -0.4 is 9.30 Å². The molecule has 4 heterocycles. The van der Waals surface area contributed by atoms with Crippen molar-refractivity contribution in [1.29, 1.82) is 0 Å². The number of pyridine rings is 1. The molecule has 4 aromatic heterocycles. The Labute approximate surface area is 358 Å². The molecule has 0 saturated carbocycles. The van der Waals surface area contributed by atoms with E-state index in [2.05, 4.69) is 221 Å². The molecule has 0 spiro atoms. The summed E-state index contributed by atoms with van der Waals surface area (Å²) in [5.41, 5.74) is 13.7. The first-order valence-electron chi connectivity index (χ1n) is 20.4. The first-order chi connectivity index (χ1) is 29.4. The van der Waals surface area contributed by atoms with Crippen LogP contribution in [0.1, 0.15) is 26.3 Å². The predicted octanol–water partition coefficient (Wildman–Crippen LogP) is 13.0. The van der Waals surface area contributed by atoms with Crippen LogP contribution in [0.15, 0.2) is 192 Å². The Hall–Kier alpha value is -6.71. The van der Waals surface area contributed by atoms with Crippen LogP contribution >= 0.6 is 0 Å². The Bertz CT molecular complexity index is 3330. The molecular formula is C54H41N4OTe+. The second-order valence-corrected chi connectivity index (χ2v) is 18.9. The number of imidazole rings is 1. The van der Waals surface area contributed by atoms with Crippen molar-refractivity contribution in [3.05, 3.63) is 198 Å². The van der Waals surface area contributed by atoms with Crippen LogP contribution in [0.5, 0.6) is 11.5 Å². The zero-order chi connectivity index (χ0) is 40.4. The Morgan fingerprint density at radius 3 is 1.97 bits per heavy atom. The first kappa shape index (κ1) is 36.4. The Balaban J connectivity index is 1.03. The quantitative estimate of drug-likeness (QED) is 0.118. The van der Waals surface area contributed by atoms with Gasteiger partial charge in [0, 0.05) is 11.1 Å². The van der Waals surface area contributed by atoms with E-state index in [4.69, 9.17) is 9.72 Å². The van der Waals surface area contributed by atoms with Crippen molar-refractivity contribution in [2.75, 3.05) is 0 Å².